The van der Waals surface area contributed by atoms with Crippen molar-refractivity contribution in [1.29, 1.82) is 0 Å². The topological polar surface area (TPSA) is 51.0 Å². The van der Waals surface area contributed by atoms with E-state index < -0.39 is 0 Å². The predicted molar refractivity (Wildman–Crippen MR) is 100 cm³/mol. The van der Waals surface area contributed by atoms with E-state index in [1.54, 1.807) is 18.3 Å². The van der Waals surface area contributed by atoms with Crippen LogP contribution in [0.1, 0.15) is 40.6 Å². The van der Waals surface area contributed by atoms with E-state index in [4.69, 9.17) is 4.98 Å². The quantitative estimate of drug-likeness (QED) is 0.711. The standard InChI is InChI=1S/C21H21FN4O/c1-15-23-11-13-26(15)20-6-2-5-19(24-20)17-4-3-12-25(14-17)21(27)16-7-9-18(22)10-8-16/h2,5-11,13,17H,3-4,12,14H2,1H3. The molecule has 1 fully saturated rings. The molecule has 5 nitrogen and oxygen atoms in total. The number of aromatic nitrogens is 3. The maximum Gasteiger partial charge on any atom is 0.253 e. The number of amides is 1. The lowest BCUT2D eigenvalue weighted by Gasteiger charge is -2.32. The van der Waals surface area contributed by atoms with Crippen LogP contribution in [0.3, 0.4) is 0 Å². The molecule has 1 aliphatic heterocycles. The maximum absolute atomic E-state index is 13.1. The molecule has 0 saturated carbocycles. The van der Waals surface area contributed by atoms with Crippen LogP contribution in [0.25, 0.3) is 5.82 Å². The fourth-order valence-corrected chi connectivity index (χ4v) is 3.60. The van der Waals surface area contributed by atoms with Gasteiger partial charge in [0.05, 0.1) is 0 Å². The van der Waals surface area contributed by atoms with E-state index in [0.29, 0.717) is 18.7 Å². The van der Waals surface area contributed by atoms with Crippen LogP contribution in [0.15, 0.2) is 54.9 Å². The number of aryl methyl sites for hydroxylation is 1. The van der Waals surface area contributed by atoms with Gasteiger partial charge in [0.25, 0.3) is 5.91 Å². The normalized spacial score (nSPS) is 17.1. The lowest BCUT2D eigenvalue weighted by Crippen LogP contribution is -2.39. The summed E-state index contributed by atoms with van der Waals surface area (Å²) in [4.78, 5) is 23.7. The molecule has 0 spiro atoms. The van der Waals surface area contributed by atoms with Gasteiger partial charge in [-0.15, -0.1) is 0 Å². The van der Waals surface area contributed by atoms with Gasteiger partial charge in [0.2, 0.25) is 0 Å². The summed E-state index contributed by atoms with van der Waals surface area (Å²) in [5.74, 6) is 1.52. The molecule has 0 N–H and O–H groups in total. The summed E-state index contributed by atoms with van der Waals surface area (Å²) in [6, 6.07) is 11.7. The average molecular weight is 364 g/mol. The number of carbonyl (C=O) groups is 1. The zero-order chi connectivity index (χ0) is 18.8. The minimum absolute atomic E-state index is 0.0543. The van der Waals surface area contributed by atoms with Gasteiger partial charge in [-0.05, 0) is 56.2 Å². The molecule has 1 unspecified atom stereocenters. The van der Waals surface area contributed by atoms with E-state index in [2.05, 4.69) is 4.98 Å². The Bertz CT molecular complexity index is 951. The highest BCUT2D eigenvalue weighted by atomic mass is 19.1. The van der Waals surface area contributed by atoms with Crippen LogP contribution < -0.4 is 0 Å². The monoisotopic (exact) mass is 364 g/mol. The van der Waals surface area contributed by atoms with E-state index in [0.717, 1.165) is 30.2 Å². The third kappa shape index (κ3) is 3.60. The van der Waals surface area contributed by atoms with Gasteiger partial charge in [-0.25, -0.2) is 14.4 Å². The highest BCUT2D eigenvalue weighted by molar-refractivity contribution is 5.94. The highest BCUT2D eigenvalue weighted by Crippen LogP contribution is 2.27. The van der Waals surface area contributed by atoms with Crippen LogP contribution in [0, 0.1) is 12.7 Å². The number of halogens is 1. The molecule has 2 aromatic heterocycles. The van der Waals surface area contributed by atoms with E-state index in [1.807, 2.05) is 40.8 Å². The number of hydrogen-bond donors (Lipinski definition) is 0. The number of benzene rings is 1. The number of carbonyl (C=O) groups excluding carboxylic acids is 1. The van der Waals surface area contributed by atoms with Crippen LogP contribution >= 0.6 is 0 Å². The highest BCUT2D eigenvalue weighted by Gasteiger charge is 2.26. The Labute approximate surface area is 157 Å². The molecular formula is C21H21FN4O. The van der Waals surface area contributed by atoms with Gasteiger partial charge in [-0.2, -0.15) is 0 Å². The van der Waals surface area contributed by atoms with E-state index in [-0.39, 0.29) is 17.6 Å². The summed E-state index contributed by atoms with van der Waals surface area (Å²) in [5.41, 5.74) is 1.50. The third-order valence-electron chi connectivity index (χ3n) is 5.05. The van der Waals surface area contributed by atoms with Gasteiger partial charge in [0.1, 0.15) is 17.5 Å². The molecule has 1 aliphatic rings. The minimum Gasteiger partial charge on any atom is -0.338 e. The first-order chi connectivity index (χ1) is 13.1. The Morgan fingerprint density at radius 3 is 2.74 bits per heavy atom. The predicted octanol–water partition coefficient (Wildman–Crippen LogP) is 3.73. The first kappa shape index (κ1) is 17.4. The minimum atomic E-state index is -0.334. The second-order valence-corrected chi connectivity index (χ2v) is 6.86. The van der Waals surface area contributed by atoms with Gasteiger partial charge < -0.3 is 4.90 Å². The molecule has 27 heavy (non-hydrogen) atoms. The first-order valence-corrected chi connectivity index (χ1v) is 9.14. The van der Waals surface area contributed by atoms with Crippen LogP contribution in [0.4, 0.5) is 4.39 Å². The smallest absolute Gasteiger partial charge is 0.253 e. The van der Waals surface area contributed by atoms with Crippen molar-refractivity contribution in [2.45, 2.75) is 25.7 Å². The lowest BCUT2D eigenvalue weighted by atomic mass is 9.93. The summed E-state index contributed by atoms with van der Waals surface area (Å²) in [6.45, 7) is 3.28. The van der Waals surface area contributed by atoms with Gasteiger partial charge in [-0.1, -0.05) is 6.07 Å². The molecule has 6 heteroatoms. The van der Waals surface area contributed by atoms with Crippen molar-refractivity contribution in [3.05, 3.63) is 77.8 Å². The number of rotatable bonds is 3. The van der Waals surface area contributed by atoms with Gasteiger partial charge >= 0.3 is 0 Å². The number of likely N-dealkylation sites (tertiary alicyclic amines) is 1. The molecule has 3 aromatic rings. The molecular weight excluding hydrogens is 343 g/mol. The Balaban J connectivity index is 1.54. The summed E-state index contributed by atoms with van der Waals surface area (Å²) >= 11 is 0. The summed E-state index contributed by atoms with van der Waals surface area (Å²) in [6.07, 6.45) is 5.57. The summed E-state index contributed by atoms with van der Waals surface area (Å²) < 4.78 is 15.1. The van der Waals surface area contributed by atoms with Crippen molar-refractivity contribution in [2.24, 2.45) is 0 Å². The SMILES string of the molecule is Cc1nccn1-c1cccc(C2CCCN(C(=O)c3ccc(F)cc3)C2)n1. The van der Waals surface area contributed by atoms with Crippen molar-refractivity contribution in [2.75, 3.05) is 13.1 Å². The summed E-state index contributed by atoms with van der Waals surface area (Å²) in [5, 5.41) is 0. The second kappa shape index (κ2) is 7.31. The number of hydrogen-bond acceptors (Lipinski definition) is 3. The zero-order valence-corrected chi connectivity index (χ0v) is 15.2. The molecule has 1 saturated heterocycles. The fraction of sp³-hybridized carbons (Fsp3) is 0.286. The molecule has 3 heterocycles. The third-order valence-corrected chi connectivity index (χ3v) is 5.05. The van der Waals surface area contributed by atoms with Crippen LogP contribution in [-0.4, -0.2) is 38.4 Å². The first-order valence-electron chi connectivity index (χ1n) is 9.14. The van der Waals surface area contributed by atoms with E-state index in [9.17, 15) is 9.18 Å². The largest absolute Gasteiger partial charge is 0.338 e. The average Bonchev–Trinajstić information content (AvgIpc) is 3.14. The molecule has 138 valence electrons. The van der Waals surface area contributed by atoms with E-state index in [1.165, 1.54) is 12.1 Å². The maximum atomic E-state index is 13.1. The van der Waals surface area contributed by atoms with Gasteiger partial charge in [0, 0.05) is 42.7 Å². The Morgan fingerprint density at radius 2 is 2.00 bits per heavy atom. The molecule has 0 radical (unpaired) electrons. The van der Waals surface area contributed by atoms with Gasteiger partial charge in [0.15, 0.2) is 0 Å². The second-order valence-electron chi connectivity index (χ2n) is 6.86. The molecule has 4 rings (SSSR count). The van der Waals surface area contributed by atoms with Crippen LogP contribution in [0.5, 0.6) is 0 Å². The van der Waals surface area contributed by atoms with Crippen molar-refractivity contribution in [3.8, 4) is 5.82 Å². The zero-order valence-electron chi connectivity index (χ0n) is 15.2. The summed E-state index contributed by atoms with van der Waals surface area (Å²) in [7, 11) is 0. The Kier molecular flexibility index (Phi) is 4.71. The van der Waals surface area contributed by atoms with Gasteiger partial charge in [-0.3, -0.25) is 9.36 Å². The Morgan fingerprint density at radius 1 is 1.19 bits per heavy atom. The van der Waals surface area contributed by atoms with Crippen molar-refractivity contribution in [1.82, 2.24) is 19.4 Å². The Hall–Kier alpha value is -3.02. The fourth-order valence-electron chi connectivity index (χ4n) is 3.60. The van der Waals surface area contributed by atoms with Crippen molar-refractivity contribution in [3.63, 3.8) is 0 Å². The van der Waals surface area contributed by atoms with E-state index >= 15 is 0 Å². The molecule has 1 amide bonds. The number of imidazole rings is 1. The molecule has 0 bridgehead atoms. The molecule has 1 aromatic carbocycles. The van der Waals surface area contributed by atoms with Crippen LogP contribution in [-0.2, 0) is 0 Å². The number of piperidine rings is 1. The van der Waals surface area contributed by atoms with Crippen LogP contribution in [0.2, 0.25) is 0 Å². The molecule has 1 atom stereocenters. The van der Waals surface area contributed by atoms with Crippen molar-refractivity contribution < 1.29 is 9.18 Å². The number of pyridine rings is 1. The lowest BCUT2D eigenvalue weighted by molar-refractivity contribution is 0.0706. The molecule has 0 aliphatic carbocycles. The number of nitrogens with zero attached hydrogens (tertiary/aromatic N) is 4. The van der Waals surface area contributed by atoms with Crippen molar-refractivity contribution >= 4 is 5.91 Å².